The Bertz CT molecular complexity index is 2780. The largest absolute Gasteiger partial charge is 0.476 e. The molecule has 400 valence electrons. The lowest BCUT2D eigenvalue weighted by molar-refractivity contribution is 0.0160. The Morgan fingerprint density at radius 3 is 1.24 bits per heavy atom. The number of primary amides is 1. The van der Waals surface area contributed by atoms with Crippen LogP contribution in [0.25, 0.3) is 22.5 Å². The van der Waals surface area contributed by atoms with E-state index in [-0.39, 0.29) is 29.7 Å². The van der Waals surface area contributed by atoms with E-state index in [0.717, 1.165) is 67.2 Å². The molecule has 4 aliphatic rings. The molecule has 4 aliphatic heterocycles. The summed E-state index contributed by atoms with van der Waals surface area (Å²) in [5, 5.41) is 10.1. The molecule has 4 aromatic carbocycles. The van der Waals surface area contributed by atoms with Gasteiger partial charge >= 0.3 is 18.2 Å². The highest BCUT2D eigenvalue weighted by molar-refractivity contribution is 5.98. The molecular formula is C58H69N9O9. The summed E-state index contributed by atoms with van der Waals surface area (Å²) in [6.07, 6.45) is 4.55. The van der Waals surface area contributed by atoms with E-state index in [4.69, 9.17) is 34.6 Å². The Labute approximate surface area is 443 Å². The molecule has 0 bridgehead atoms. The van der Waals surface area contributed by atoms with E-state index >= 15 is 0 Å². The number of carbonyl (C=O) groups is 4. The van der Waals surface area contributed by atoms with Crippen LogP contribution < -0.4 is 26.1 Å². The maximum atomic E-state index is 12.6. The van der Waals surface area contributed by atoms with Crippen molar-refractivity contribution in [1.29, 1.82) is 0 Å². The maximum absolute atomic E-state index is 12.6. The summed E-state index contributed by atoms with van der Waals surface area (Å²) in [6.45, 7) is 15.1. The number of piperidine rings is 2. The number of imidazole rings is 2. The predicted octanol–water partition coefficient (Wildman–Crippen LogP) is 10.8. The Morgan fingerprint density at radius 2 is 0.882 bits per heavy atom. The number of nitrogens with zero attached hydrogens (tertiary/aromatic N) is 6. The van der Waals surface area contributed by atoms with Crippen LogP contribution in [0.1, 0.15) is 125 Å². The van der Waals surface area contributed by atoms with Crippen LogP contribution >= 0.6 is 0 Å². The highest BCUT2D eigenvalue weighted by Crippen LogP contribution is 2.41. The molecule has 2 atom stereocenters. The van der Waals surface area contributed by atoms with Gasteiger partial charge in [0.25, 0.3) is 5.91 Å². The summed E-state index contributed by atoms with van der Waals surface area (Å²) in [5.74, 6) is 3.73. The second-order valence-electron chi connectivity index (χ2n) is 21.8. The van der Waals surface area contributed by atoms with Gasteiger partial charge in [-0.05, 0) is 165 Å². The first kappa shape index (κ1) is 52.8. The van der Waals surface area contributed by atoms with Crippen LogP contribution in [0.3, 0.4) is 0 Å². The number of aromatic carboxylic acids is 1. The van der Waals surface area contributed by atoms with Gasteiger partial charge in [0.15, 0.2) is 11.4 Å². The van der Waals surface area contributed by atoms with Crippen LogP contribution in [0.2, 0.25) is 0 Å². The molecule has 2 fully saturated rings. The van der Waals surface area contributed by atoms with Gasteiger partial charge in [0.05, 0.1) is 0 Å². The Hall–Kier alpha value is -8.02. The van der Waals surface area contributed by atoms with E-state index in [1.807, 2.05) is 151 Å². The number of carbonyl (C=O) groups excluding carboxylic acids is 3. The molecule has 0 aliphatic carbocycles. The maximum Gasteiger partial charge on any atom is 0.410 e. The van der Waals surface area contributed by atoms with Gasteiger partial charge in [-0.2, -0.15) is 0 Å². The van der Waals surface area contributed by atoms with Crippen molar-refractivity contribution in [1.82, 2.24) is 29.1 Å². The fraction of sp³-hybridized carbons (Fsp3) is 0.414. The average Bonchev–Trinajstić information content (AvgIpc) is 4.09. The second-order valence-corrected chi connectivity index (χ2v) is 21.8. The van der Waals surface area contributed by atoms with Crippen LogP contribution in [0.5, 0.6) is 23.0 Å². The standard InChI is InChI=1S/C29H35N5O4.C29H34N4O5/c1-29(2,3)38-28(36)33-17-14-19(15-18-33)23-13-16-31-34-25(26(30)35)24(32-27(23)34)20-9-11-22(12-10-20)37-21-7-5-4-6-8-21;1-29(2,3)38-28(36)32-17-14-19(15-18-32)23-13-16-30-33-25(27(34)35)24(31-26(23)33)20-9-11-22(12-10-20)37-21-7-5-4-6-8-21/h4-12,19,23,31H,13-18H2,1-3H3,(H2,30,35);4-12,19,23,30H,13-18H2,1-3H3,(H,34,35). The highest BCUT2D eigenvalue weighted by Gasteiger charge is 2.39. The molecule has 2 aromatic heterocycles. The van der Waals surface area contributed by atoms with E-state index in [1.165, 1.54) is 0 Å². The number of para-hydroxylation sites is 2. The SMILES string of the molecule is CC(C)(C)OC(=O)N1CCC(C2CCNn3c2nc(-c2ccc(Oc4ccccc4)cc2)c3C(=O)O)CC1.CC(C)(C)OC(=O)N1CCC(C2CCNn3c2nc(-c2ccc(Oc4ccccc4)cc2)c3C(N)=O)CC1. The number of hydrogen-bond acceptors (Lipinski definition) is 12. The van der Waals surface area contributed by atoms with Crippen molar-refractivity contribution >= 4 is 24.1 Å². The third-order valence-corrected chi connectivity index (χ3v) is 14.1. The normalized spacial score (nSPS) is 17.9. The summed E-state index contributed by atoms with van der Waals surface area (Å²) in [5.41, 5.74) is 14.4. The molecule has 76 heavy (non-hydrogen) atoms. The van der Waals surface area contributed by atoms with Gasteiger partial charge in [-0.1, -0.05) is 36.4 Å². The summed E-state index contributed by atoms with van der Waals surface area (Å²) in [4.78, 5) is 63.4. The molecule has 0 radical (unpaired) electrons. The van der Waals surface area contributed by atoms with Gasteiger partial charge in [-0.25, -0.2) is 33.7 Å². The number of fused-ring (bicyclic) bond motifs is 2. The first-order chi connectivity index (χ1) is 36.4. The number of carboxylic acid groups (broad SMARTS) is 1. The van der Waals surface area contributed by atoms with E-state index in [0.29, 0.717) is 85.2 Å². The Balaban J connectivity index is 0.000000186. The predicted molar refractivity (Wildman–Crippen MR) is 288 cm³/mol. The summed E-state index contributed by atoms with van der Waals surface area (Å²) >= 11 is 0. The fourth-order valence-corrected chi connectivity index (χ4v) is 10.6. The number of ether oxygens (including phenoxy) is 4. The van der Waals surface area contributed by atoms with E-state index < -0.39 is 23.1 Å². The third kappa shape index (κ3) is 12.4. The number of nitrogens with one attached hydrogen (secondary N) is 2. The monoisotopic (exact) mass is 1040 g/mol. The van der Waals surface area contributed by atoms with Crippen LogP contribution in [0.4, 0.5) is 9.59 Å². The number of nitrogens with two attached hydrogens (primary N) is 1. The van der Waals surface area contributed by atoms with Crippen molar-refractivity contribution in [3.8, 4) is 45.5 Å². The molecule has 10 rings (SSSR count). The van der Waals surface area contributed by atoms with Crippen molar-refractivity contribution in [2.45, 2.75) is 103 Å². The molecule has 0 saturated carbocycles. The molecular weight excluding hydrogens is 967 g/mol. The van der Waals surface area contributed by atoms with Gasteiger partial charge in [-0.3, -0.25) is 4.79 Å². The smallest absolute Gasteiger partial charge is 0.410 e. The fourth-order valence-electron chi connectivity index (χ4n) is 10.6. The van der Waals surface area contributed by atoms with Gasteiger partial charge in [0.2, 0.25) is 0 Å². The van der Waals surface area contributed by atoms with Crippen molar-refractivity contribution in [3.05, 3.63) is 132 Å². The van der Waals surface area contributed by atoms with Gasteiger partial charge in [0.1, 0.15) is 57.2 Å². The van der Waals surface area contributed by atoms with E-state index in [1.54, 1.807) is 19.2 Å². The van der Waals surface area contributed by atoms with Crippen molar-refractivity contribution in [2.24, 2.45) is 17.6 Å². The minimum Gasteiger partial charge on any atom is -0.476 e. The lowest BCUT2D eigenvalue weighted by Gasteiger charge is -2.38. The van der Waals surface area contributed by atoms with Gasteiger partial charge in [-0.15, -0.1) is 0 Å². The number of carboxylic acids is 1. The van der Waals surface area contributed by atoms with Crippen LogP contribution in [-0.4, -0.2) is 109 Å². The number of hydrogen-bond donors (Lipinski definition) is 4. The summed E-state index contributed by atoms with van der Waals surface area (Å²) < 4.78 is 26.3. The third-order valence-electron chi connectivity index (χ3n) is 14.1. The molecule has 18 nitrogen and oxygen atoms in total. The molecule has 2 saturated heterocycles. The van der Waals surface area contributed by atoms with Crippen molar-refractivity contribution < 1.29 is 43.2 Å². The molecule has 6 heterocycles. The molecule has 18 heteroatoms. The van der Waals surface area contributed by atoms with Crippen molar-refractivity contribution in [2.75, 3.05) is 50.1 Å². The highest BCUT2D eigenvalue weighted by atomic mass is 16.6. The molecule has 3 amide bonds. The zero-order chi connectivity index (χ0) is 53.7. The van der Waals surface area contributed by atoms with Gasteiger partial charge in [0, 0.05) is 62.2 Å². The number of amides is 3. The van der Waals surface area contributed by atoms with Gasteiger partial charge < -0.3 is 50.4 Å². The van der Waals surface area contributed by atoms with E-state index in [2.05, 4.69) is 10.9 Å². The Morgan fingerprint density at radius 1 is 0.526 bits per heavy atom. The van der Waals surface area contributed by atoms with E-state index in [9.17, 15) is 24.3 Å². The molecule has 5 N–H and O–H groups in total. The number of benzene rings is 4. The first-order valence-corrected chi connectivity index (χ1v) is 26.3. The van der Waals surface area contributed by atoms with Crippen molar-refractivity contribution in [3.63, 3.8) is 0 Å². The van der Waals surface area contributed by atoms with Crippen LogP contribution in [-0.2, 0) is 9.47 Å². The summed E-state index contributed by atoms with van der Waals surface area (Å²) in [7, 11) is 0. The average molecular weight is 1040 g/mol. The first-order valence-electron chi connectivity index (χ1n) is 26.3. The zero-order valence-corrected chi connectivity index (χ0v) is 44.2. The summed E-state index contributed by atoms with van der Waals surface area (Å²) in [6, 6.07) is 33.9. The lowest BCUT2D eigenvalue weighted by atomic mass is 9.81. The minimum absolute atomic E-state index is 0.101. The molecule has 0 spiro atoms. The van der Waals surface area contributed by atoms with Crippen LogP contribution in [0.15, 0.2) is 109 Å². The molecule has 2 unspecified atom stereocenters. The number of aromatic nitrogens is 4. The Kier molecular flexibility index (Phi) is 15.6. The number of rotatable bonds is 10. The topological polar surface area (TPSA) is 218 Å². The zero-order valence-electron chi connectivity index (χ0n) is 44.2. The lowest BCUT2D eigenvalue weighted by Crippen LogP contribution is -2.43. The van der Waals surface area contributed by atoms with Crippen LogP contribution in [0, 0.1) is 11.8 Å². The second kappa shape index (κ2) is 22.4. The number of likely N-dealkylation sites (tertiary alicyclic amines) is 2. The minimum atomic E-state index is -1.03. The quantitative estimate of drug-likeness (QED) is 0.101. The molecule has 6 aromatic rings.